The highest BCUT2D eigenvalue weighted by Gasteiger charge is 2.33. The molecule has 1 amide bonds. The SMILES string of the molecule is O=C([C@@H]1CC(CCc2ccccc2)=NO1)N1CCCN(c2nc3ccccc3o2)CC1. The minimum absolute atomic E-state index is 0.0258. The van der Waals surface area contributed by atoms with Crippen LogP contribution in [0.5, 0.6) is 0 Å². The third kappa shape index (κ3) is 4.40. The Bertz CT molecular complexity index is 1050. The maximum atomic E-state index is 13.0. The Morgan fingerprint density at radius 1 is 0.968 bits per heavy atom. The van der Waals surface area contributed by atoms with Gasteiger partial charge >= 0.3 is 0 Å². The monoisotopic (exact) mass is 418 g/mol. The fourth-order valence-corrected chi connectivity index (χ4v) is 4.17. The number of aryl methyl sites for hydroxylation is 1. The van der Waals surface area contributed by atoms with Gasteiger partial charge in [-0.15, -0.1) is 0 Å². The van der Waals surface area contributed by atoms with Gasteiger partial charge in [0, 0.05) is 32.6 Å². The van der Waals surface area contributed by atoms with Crippen LogP contribution in [0.2, 0.25) is 0 Å². The molecule has 0 aliphatic carbocycles. The number of anilines is 1. The first-order chi connectivity index (χ1) is 15.3. The van der Waals surface area contributed by atoms with E-state index in [1.54, 1.807) is 0 Å². The first-order valence-electron chi connectivity index (χ1n) is 10.9. The average Bonchev–Trinajstić information content (AvgIpc) is 3.39. The molecule has 1 aromatic heterocycles. The zero-order chi connectivity index (χ0) is 21.0. The van der Waals surface area contributed by atoms with Gasteiger partial charge in [-0.3, -0.25) is 4.79 Å². The number of nitrogens with zero attached hydrogens (tertiary/aromatic N) is 4. The highest BCUT2D eigenvalue weighted by Crippen LogP contribution is 2.23. The summed E-state index contributed by atoms with van der Waals surface area (Å²) < 4.78 is 5.90. The predicted octanol–water partition coefficient (Wildman–Crippen LogP) is 3.64. The number of rotatable bonds is 5. The quantitative estimate of drug-likeness (QED) is 0.633. The zero-order valence-electron chi connectivity index (χ0n) is 17.4. The summed E-state index contributed by atoms with van der Waals surface area (Å²) in [5.41, 5.74) is 3.88. The van der Waals surface area contributed by atoms with E-state index in [1.807, 2.05) is 47.4 Å². The van der Waals surface area contributed by atoms with Crippen LogP contribution in [-0.2, 0) is 16.1 Å². The van der Waals surface area contributed by atoms with Crippen molar-refractivity contribution in [2.24, 2.45) is 5.16 Å². The van der Waals surface area contributed by atoms with Crippen molar-refractivity contribution in [3.05, 3.63) is 60.2 Å². The lowest BCUT2D eigenvalue weighted by Crippen LogP contribution is -2.41. The lowest BCUT2D eigenvalue weighted by atomic mass is 10.0. The molecule has 1 saturated heterocycles. The predicted molar refractivity (Wildman–Crippen MR) is 119 cm³/mol. The van der Waals surface area contributed by atoms with Gasteiger partial charge in [0.1, 0.15) is 5.52 Å². The second-order valence-electron chi connectivity index (χ2n) is 8.07. The van der Waals surface area contributed by atoms with Gasteiger partial charge in [-0.05, 0) is 37.0 Å². The minimum atomic E-state index is -0.498. The highest BCUT2D eigenvalue weighted by molar-refractivity contribution is 5.93. The molecule has 2 aliphatic rings. The van der Waals surface area contributed by atoms with Gasteiger partial charge in [-0.1, -0.05) is 47.6 Å². The average molecular weight is 418 g/mol. The Morgan fingerprint density at radius 2 is 1.81 bits per heavy atom. The Hall–Kier alpha value is -3.35. The van der Waals surface area contributed by atoms with Crippen molar-refractivity contribution in [1.29, 1.82) is 0 Å². The molecule has 1 atom stereocenters. The van der Waals surface area contributed by atoms with Crippen LogP contribution in [0.15, 0.2) is 64.2 Å². The van der Waals surface area contributed by atoms with Gasteiger partial charge in [0.15, 0.2) is 5.58 Å². The molecular weight excluding hydrogens is 392 g/mol. The lowest BCUT2D eigenvalue weighted by molar-refractivity contribution is -0.141. The van der Waals surface area contributed by atoms with Gasteiger partial charge in [0.25, 0.3) is 11.9 Å². The van der Waals surface area contributed by atoms with Crippen molar-refractivity contribution in [3.63, 3.8) is 0 Å². The maximum absolute atomic E-state index is 13.0. The molecule has 31 heavy (non-hydrogen) atoms. The Labute approximate surface area is 181 Å². The zero-order valence-corrected chi connectivity index (χ0v) is 17.4. The van der Waals surface area contributed by atoms with E-state index < -0.39 is 6.10 Å². The van der Waals surface area contributed by atoms with Crippen molar-refractivity contribution in [3.8, 4) is 0 Å². The molecule has 0 saturated carbocycles. The van der Waals surface area contributed by atoms with Crippen molar-refractivity contribution in [2.75, 3.05) is 31.1 Å². The lowest BCUT2D eigenvalue weighted by Gasteiger charge is -2.23. The molecule has 3 heterocycles. The summed E-state index contributed by atoms with van der Waals surface area (Å²) >= 11 is 0. The second kappa shape index (κ2) is 8.79. The fourth-order valence-electron chi connectivity index (χ4n) is 4.17. The van der Waals surface area contributed by atoms with Crippen LogP contribution >= 0.6 is 0 Å². The van der Waals surface area contributed by atoms with Gasteiger partial charge in [0.05, 0.1) is 5.71 Å². The molecular formula is C24H26N4O3. The molecule has 0 spiro atoms. The molecule has 0 bridgehead atoms. The van der Waals surface area contributed by atoms with Crippen LogP contribution in [0.4, 0.5) is 6.01 Å². The van der Waals surface area contributed by atoms with E-state index in [0.717, 1.165) is 42.6 Å². The number of carbonyl (C=O) groups is 1. The summed E-state index contributed by atoms with van der Waals surface area (Å²) in [6.07, 6.45) is 2.67. The molecule has 0 radical (unpaired) electrons. The summed E-state index contributed by atoms with van der Waals surface area (Å²) in [6, 6.07) is 18.7. The van der Waals surface area contributed by atoms with Crippen LogP contribution in [0.1, 0.15) is 24.8 Å². The van der Waals surface area contributed by atoms with E-state index in [0.29, 0.717) is 32.1 Å². The molecule has 7 heteroatoms. The second-order valence-corrected chi connectivity index (χ2v) is 8.07. The van der Waals surface area contributed by atoms with Crippen LogP contribution in [-0.4, -0.2) is 53.8 Å². The minimum Gasteiger partial charge on any atom is -0.423 e. The number of para-hydroxylation sites is 2. The number of benzene rings is 2. The van der Waals surface area contributed by atoms with E-state index in [2.05, 4.69) is 27.2 Å². The molecule has 7 nitrogen and oxygen atoms in total. The topological polar surface area (TPSA) is 71.2 Å². The van der Waals surface area contributed by atoms with Gasteiger partial charge in [0.2, 0.25) is 6.10 Å². The largest absolute Gasteiger partial charge is 0.423 e. The molecule has 3 aromatic rings. The van der Waals surface area contributed by atoms with E-state index in [4.69, 9.17) is 9.25 Å². The summed E-state index contributed by atoms with van der Waals surface area (Å²) in [5.74, 6) is 0.0258. The van der Waals surface area contributed by atoms with Crippen molar-refractivity contribution in [2.45, 2.75) is 31.8 Å². The van der Waals surface area contributed by atoms with Crippen molar-refractivity contribution < 1.29 is 14.0 Å². The van der Waals surface area contributed by atoms with E-state index in [1.165, 1.54) is 5.56 Å². The Kier molecular flexibility index (Phi) is 5.56. The smallest absolute Gasteiger partial charge is 0.298 e. The summed E-state index contributed by atoms with van der Waals surface area (Å²) in [7, 11) is 0. The number of carbonyl (C=O) groups excluding carboxylic acids is 1. The maximum Gasteiger partial charge on any atom is 0.298 e. The van der Waals surface area contributed by atoms with Crippen LogP contribution in [0.25, 0.3) is 11.1 Å². The molecule has 2 aliphatic heterocycles. The number of fused-ring (bicyclic) bond motifs is 1. The number of oxazole rings is 1. The molecule has 1 fully saturated rings. The standard InChI is InChI=1S/C24H26N4O3/c29-23(22-17-19(26-31-22)12-11-18-7-2-1-3-8-18)27-13-6-14-28(16-15-27)24-25-20-9-4-5-10-21(20)30-24/h1-5,7-10,22H,6,11-17H2/t22-/m0/s1. The van der Waals surface area contributed by atoms with Gasteiger partial charge in [-0.25, -0.2) is 0 Å². The van der Waals surface area contributed by atoms with Crippen LogP contribution in [0.3, 0.4) is 0 Å². The number of aromatic nitrogens is 1. The Balaban J connectivity index is 1.15. The first-order valence-corrected chi connectivity index (χ1v) is 10.9. The first kappa shape index (κ1) is 19.6. The van der Waals surface area contributed by atoms with Crippen LogP contribution < -0.4 is 4.90 Å². The van der Waals surface area contributed by atoms with Gasteiger partial charge < -0.3 is 19.1 Å². The van der Waals surface area contributed by atoms with Crippen LogP contribution in [0, 0.1) is 0 Å². The normalized spacial score (nSPS) is 19.2. The van der Waals surface area contributed by atoms with E-state index in [9.17, 15) is 4.79 Å². The third-order valence-corrected chi connectivity index (χ3v) is 5.91. The summed E-state index contributed by atoms with van der Waals surface area (Å²) in [6.45, 7) is 2.82. The van der Waals surface area contributed by atoms with E-state index in [-0.39, 0.29) is 5.91 Å². The van der Waals surface area contributed by atoms with Crippen molar-refractivity contribution in [1.82, 2.24) is 9.88 Å². The number of amides is 1. The third-order valence-electron chi connectivity index (χ3n) is 5.91. The molecule has 2 aromatic carbocycles. The molecule has 0 unspecified atom stereocenters. The summed E-state index contributed by atoms with van der Waals surface area (Å²) in [4.78, 5) is 27.1. The highest BCUT2D eigenvalue weighted by atomic mass is 16.6. The molecule has 160 valence electrons. The van der Waals surface area contributed by atoms with E-state index >= 15 is 0 Å². The van der Waals surface area contributed by atoms with Crippen molar-refractivity contribution >= 4 is 28.7 Å². The fraction of sp³-hybridized carbons (Fsp3) is 0.375. The number of oxime groups is 1. The van der Waals surface area contributed by atoms with Gasteiger partial charge in [-0.2, -0.15) is 4.98 Å². The Morgan fingerprint density at radius 3 is 2.68 bits per heavy atom. The summed E-state index contributed by atoms with van der Waals surface area (Å²) in [5, 5.41) is 4.19. The number of hydrogen-bond acceptors (Lipinski definition) is 6. The molecule has 5 rings (SSSR count). The number of hydrogen-bond donors (Lipinski definition) is 0. The molecule has 0 N–H and O–H groups in total.